The van der Waals surface area contributed by atoms with Crippen LogP contribution in [0, 0.1) is 11.5 Å². The summed E-state index contributed by atoms with van der Waals surface area (Å²) in [4.78, 5) is 0. The number of benzene rings is 2. The Labute approximate surface area is 136 Å². The van der Waals surface area contributed by atoms with Gasteiger partial charge in [0.15, 0.2) is 0 Å². The van der Waals surface area contributed by atoms with Gasteiger partial charge in [-0.25, -0.2) is 0 Å². The van der Waals surface area contributed by atoms with Crippen molar-refractivity contribution in [3.05, 3.63) is 64.1 Å². The zero-order valence-corrected chi connectivity index (χ0v) is 15.2. The highest BCUT2D eigenvalue weighted by Gasteiger charge is 2.19. The van der Waals surface area contributed by atoms with Gasteiger partial charge < -0.3 is 4.74 Å². The summed E-state index contributed by atoms with van der Waals surface area (Å²) in [6.45, 7) is 4.62. The lowest BCUT2D eigenvalue weighted by atomic mass is 10.2. The molecule has 0 aliphatic rings. The molecule has 3 heteroatoms. The van der Waals surface area contributed by atoms with Gasteiger partial charge in [-0.2, -0.15) is 0 Å². The normalized spacial score (nSPS) is 10.7. The van der Waals surface area contributed by atoms with Crippen molar-refractivity contribution in [1.82, 2.24) is 0 Å². The van der Waals surface area contributed by atoms with Gasteiger partial charge in [0.1, 0.15) is 13.8 Å². The quantitative estimate of drug-likeness (QED) is 0.563. The number of halogens is 1. The molecular formula is C18H19BrOSi. The minimum atomic E-state index is -1.60. The number of hydrogen-bond donors (Lipinski definition) is 0. The summed E-state index contributed by atoms with van der Waals surface area (Å²) < 4.78 is 6.34. The lowest BCUT2D eigenvalue weighted by Gasteiger charge is -2.15. The summed E-state index contributed by atoms with van der Waals surface area (Å²) >= 11 is 3.62. The van der Waals surface area contributed by atoms with Crippen molar-refractivity contribution in [2.45, 2.75) is 19.1 Å². The topological polar surface area (TPSA) is 9.23 Å². The van der Waals surface area contributed by atoms with E-state index in [1.165, 1.54) is 10.0 Å². The molecule has 0 aliphatic carbocycles. The molecule has 0 spiro atoms. The maximum Gasteiger partial charge on any atom is 0.137 e. The third-order valence-corrected chi connectivity index (χ3v) is 6.07. The summed E-state index contributed by atoms with van der Waals surface area (Å²) in [7, 11) is 0.0724. The number of hydrogen-bond acceptors (Lipinski definition) is 1. The van der Waals surface area contributed by atoms with Crippen LogP contribution < -0.4 is 4.74 Å². The van der Waals surface area contributed by atoms with Crippen LogP contribution in [0.25, 0.3) is 0 Å². The molecule has 2 aromatic rings. The first-order valence-corrected chi connectivity index (χ1v) is 10.9. The second kappa shape index (κ2) is 6.97. The fourth-order valence-corrected chi connectivity index (χ4v) is 4.59. The maximum absolute atomic E-state index is 5.16. The van der Waals surface area contributed by atoms with Crippen LogP contribution in [-0.2, 0) is 6.04 Å². The van der Waals surface area contributed by atoms with Crippen LogP contribution in [0.4, 0.5) is 0 Å². The fourth-order valence-electron chi connectivity index (χ4n) is 2.08. The van der Waals surface area contributed by atoms with Crippen LogP contribution in [0.2, 0.25) is 13.1 Å². The molecule has 0 heterocycles. The maximum atomic E-state index is 5.16. The molecular weight excluding hydrogens is 340 g/mol. The molecule has 1 nitrogen and oxygen atoms in total. The summed E-state index contributed by atoms with van der Waals surface area (Å²) in [6, 6.07) is 17.4. The molecule has 0 saturated carbocycles. The Kier molecular flexibility index (Phi) is 5.27. The Morgan fingerprint density at radius 3 is 2.33 bits per heavy atom. The lowest BCUT2D eigenvalue weighted by Crippen LogP contribution is -2.27. The van der Waals surface area contributed by atoms with Crippen molar-refractivity contribution >= 4 is 24.0 Å². The van der Waals surface area contributed by atoms with E-state index in [0.29, 0.717) is 0 Å². The standard InChI is InChI=1S/C18H19BrOSi/c1-20-17-10-8-15(9-11-17)12-13-21(2,3)14-16-6-4-5-7-18(16)19/h4-11H,14H2,1-3H3. The van der Waals surface area contributed by atoms with Gasteiger partial charge in [0.05, 0.1) is 7.11 Å². The van der Waals surface area contributed by atoms with Crippen LogP contribution in [-0.4, -0.2) is 15.2 Å². The molecule has 0 bridgehead atoms. The van der Waals surface area contributed by atoms with Crippen molar-refractivity contribution in [2.75, 3.05) is 7.11 Å². The van der Waals surface area contributed by atoms with Gasteiger partial charge in [0, 0.05) is 10.0 Å². The number of methoxy groups -OCH3 is 1. The first-order chi connectivity index (χ1) is 10.00. The molecule has 21 heavy (non-hydrogen) atoms. The Bertz CT molecular complexity index is 666. The third-order valence-electron chi connectivity index (χ3n) is 3.23. The van der Waals surface area contributed by atoms with Crippen LogP contribution in [0.5, 0.6) is 5.75 Å². The van der Waals surface area contributed by atoms with Gasteiger partial charge in [-0.3, -0.25) is 0 Å². The predicted molar refractivity (Wildman–Crippen MR) is 95.2 cm³/mol. The molecule has 0 amide bonds. The highest BCUT2D eigenvalue weighted by molar-refractivity contribution is 9.10. The Morgan fingerprint density at radius 1 is 1.05 bits per heavy atom. The van der Waals surface area contributed by atoms with Gasteiger partial charge in [-0.1, -0.05) is 53.1 Å². The third kappa shape index (κ3) is 4.77. The van der Waals surface area contributed by atoms with E-state index in [1.54, 1.807) is 7.11 Å². The van der Waals surface area contributed by atoms with Crippen molar-refractivity contribution in [1.29, 1.82) is 0 Å². The highest BCUT2D eigenvalue weighted by Crippen LogP contribution is 2.20. The first-order valence-electron chi connectivity index (χ1n) is 6.91. The van der Waals surface area contributed by atoms with Crippen LogP contribution in [0.1, 0.15) is 11.1 Å². The average Bonchev–Trinajstić information content (AvgIpc) is 2.48. The molecule has 0 atom stereocenters. The van der Waals surface area contributed by atoms with Gasteiger partial charge in [0.2, 0.25) is 0 Å². The van der Waals surface area contributed by atoms with E-state index in [0.717, 1.165) is 17.4 Å². The largest absolute Gasteiger partial charge is 0.497 e. The van der Waals surface area contributed by atoms with Crippen molar-refractivity contribution in [3.63, 3.8) is 0 Å². The fraction of sp³-hybridized carbons (Fsp3) is 0.222. The second-order valence-corrected chi connectivity index (χ2v) is 10.9. The molecule has 0 aliphatic heterocycles. The molecule has 2 rings (SSSR count). The first kappa shape index (κ1) is 15.9. The Hall–Kier alpha value is -1.50. The smallest absolute Gasteiger partial charge is 0.137 e. The van der Waals surface area contributed by atoms with Crippen molar-refractivity contribution < 1.29 is 4.74 Å². The SMILES string of the molecule is COc1ccc(C#C[Si](C)(C)Cc2ccccc2Br)cc1. The zero-order chi connectivity index (χ0) is 15.3. The van der Waals surface area contributed by atoms with E-state index < -0.39 is 8.07 Å². The molecule has 0 aromatic heterocycles. The van der Waals surface area contributed by atoms with E-state index in [2.05, 4.69) is 58.7 Å². The van der Waals surface area contributed by atoms with Crippen molar-refractivity contribution in [3.8, 4) is 17.2 Å². The molecule has 0 N–H and O–H groups in total. The highest BCUT2D eigenvalue weighted by atomic mass is 79.9. The van der Waals surface area contributed by atoms with Crippen LogP contribution in [0.15, 0.2) is 53.0 Å². The number of ether oxygens (including phenoxy) is 1. The summed E-state index contributed by atoms with van der Waals surface area (Å²) in [5.41, 5.74) is 5.91. The zero-order valence-electron chi connectivity index (χ0n) is 12.6. The van der Waals surface area contributed by atoms with Crippen LogP contribution >= 0.6 is 15.9 Å². The number of rotatable bonds is 3. The summed E-state index contributed by atoms with van der Waals surface area (Å²) in [5, 5.41) is 0. The second-order valence-electron chi connectivity index (χ2n) is 5.63. The van der Waals surface area contributed by atoms with E-state index >= 15 is 0 Å². The molecule has 0 fully saturated rings. The average molecular weight is 359 g/mol. The van der Waals surface area contributed by atoms with Gasteiger partial charge in [0.25, 0.3) is 0 Å². The molecule has 0 radical (unpaired) electrons. The Morgan fingerprint density at radius 2 is 1.71 bits per heavy atom. The minimum absolute atomic E-state index is 0.866. The molecule has 108 valence electrons. The molecule has 2 aromatic carbocycles. The molecule has 0 saturated heterocycles. The van der Waals surface area contributed by atoms with E-state index in [4.69, 9.17) is 4.74 Å². The van der Waals surface area contributed by atoms with Gasteiger partial charge in [-0.05, 0) is 41.9 Å². The van der Waals surface area contributed by atoms with E-state index in [1.807, 2.05) is 30.3 Å². The molecule has 0 unspecified atom stereocenters. The summed E-state index contributed by atoms with van der Waals surface area (Å²) in [6.07, 6.45) is 0. The van der Waals surface area contributed by atoms with E-state index in [-0.39, 0.29) is 0 Å². The lowest BCUT2D eigenvalue weighted by molar-refractivity contribution is 0.415. The summed E-state index contributed by atoms with van der Waals surface area (Å²) in [5.74, 6) is 4.18. The van der Waals surface area contributed by atoms with E-state index in [9.17, 15) is 0 Å². The van der Waals surface area contributed by atoms with Gasteiger partial charge >= 0.3 is 0 Å². The Balaban J connectivity index is 2.13. The monoisotopic (exact) mass is 358 g/mol. The van der Waals surface area contributed by atoms with Gasteiger partial charge in [-0.15, -0.1) is 5.54 Å². The van der Waals surface area contributed by atoms with Crippen molar-refractivity contribution in [2.24, 2.45) is 0 Å². The van der Waals surface area contributed by atoms with Crippen LogP contribution in [0.3, 0.4) is 0 Å². The predicted octanol–water partition coefficient (Wildman–Crippen LogP) is 4.84. The minimum Gasteiger partial charge on any atom is -0.497 e.